The van der Waals surface area contributed by atoms with Gasteiger partial charge >= 0.3 is 0 Å². The van der Waals surface area contributed by atoms with Crippen LogP contribution in [0.3, 0.4) is 0 Å². The third kappa shape index (κ3) is 3.74. The molecule has 3 rings (SSSR count). The van der Waals surface area contributed by atoms with Crippen LogP contribution in [0.15, 0.2) is 54.6 Å². The lowest BCUT2D eigenvalue weighted by molar-refractivity contribution is -0.132. The van der Waals surface area contributed by atoms with E-state index in [0.717, 1.165) is 5.56 Å². The number of nitrogens with zero attached hydrogens (tertiary/aromatic N) is 2. The van der Waals surface area contributed by atoms with E-state index in [1.807, 2.05) is 41.3 Å². The minimum absolute atomic E-state index is 0.0352. The Labute approximate surface area is 141 Å². The minimum atomic E-state index is -0.535. The fraction of sp³-hybridized carbons (Fsp3) is 0.316. The molecule has 24 heavy (non-hydrogen) atoms. The van der Waals surface area contributed by atoms with Gasteiger partial charge in [0.05, 0.1) is 11.7 Å². The molecule has 1 aliphatic rings. The molecule has 1 atom stereocenters. The Morgan fingerprint density at radius 2 is 1.62 bits per heavy atom. The highest BCUT2D eigenvalue weighted by molar-refractivity contribution is 5.82. The maximum absolute atomic E-state index is 13.9. The number of para-hydroxylation sites is 1. The van der Waals surface area contributed by atoms with Crippen LogP contribution in [0.25, 0.3) is 0 Å². The van der Waals surface area contributed by atoms with E-state index in [1.54, 1.807) is 17.0 Å². The van der Waals surface area contributed by atoms with E-state index in [0.29, 0.717) is 38.3 Å². The molecule has 0 bridgehead atoms. The Bertz CT molecular complexity index is 684. The molecule has 126 valence electrons. The van der Waals surface area contributed by atoms with E-state index >= 15 is 0 Å². The van der Waals surface area contributed by atoms with Crippen molar-refractivity contribution in [1.82, 2.24) is 4.90 Å². The molecule has 2 aromatic rings. The number of halogens is 1. The normalized spacial score (nSPS) is 16.1. The molecule has 5 heteroatoms. The molecule has 1 fully saturated rings. The number of rotatable bonds is 4. The molecule has 4 nitrogen and oxygen atoms in total. The third-order valence-corrected chi connectivity index (χ3v) is 4.40. The van der Waals surface area contributed by atoms with Crippen LogP contribution in [0.1, 0.15) is 5.56 Å². The summed E-state index contributed by atoms with van der Waals surface area (Å²) in [5.74, 6) is -0.259. The van der Waals surface area contributed by atoms with Gasteiger partial charge in [0.25, 0.3) is 0 Å². The van der Waals surface area contributed by atoms with Gasteiger partial charge in [-0.25, -0.2) is 4.39 Å². The zero-order valence-corrected chi connectivity index (χ0v) is 13.6. The maximum Gasteiger partial charge on any atom is 0.239 e. The molecule has 1 amide bonds. The van der Waals surface area contributed by atoms with Crippen molar-refractivity contribution in [2.75, 3.05) is 31.1 Å². The molecule has 2 N–H and O–H groups in total. The highest BCUT2D eigenvalue weighted by Crippen LogP contribution is 2.20. The van der Waals surface area contributed by atoms with Gasteiger partial charge < -0.3 is 15.5 Å². The number of carbonyl (C=O) groups is 1. The lowest BCUT2D eigenvalue weighted by Gasteiger charge is -2.37. The fourth-order valence-corrected chi connectivity index (χ4v) is 3.07. The molecular formula is C19H22FN3O. The Morgan fingerprint density at radius 3 is 2.29 bits per heavy atom. The Morgan fingerprint density at radius 1 is 1.00 bits per heavy atom. The highest BCUT2D eigenvalue weighted by Gasteiger charge is 2.26. The van der Waals surface area contributed by atoms with Crippen LogP contribution in [0.2, 0.25) is 0 Å². The van der Waals surface area contributed by atoms with E-state index < -0.39 is 6.04 Å². The van der Waals surface area contributed by atoms with Gasteiger partial charge in [0.1, 0.15) is 5.82 Å². The monoisotopic (exact) mass is 327 g/mol. The maximum atomic E-state index is 13.9. The van der Waals surface area contributed by atoms with Crippen molar-refractivity contribution in [2.45, 2.75) is 12.5 Å². The quantitative estimate of drug-likeness (QED) is 0.935. The van der Waals surface area contributed by atoms with Crippen molar-refractivity contribution in [1.29, 1.82) is 0 Å². The van der Waals surface area contributed by atoms with Crippen LogP contribution in [-0.2, 0) is 11.2 Å². The standard InChI is InChI=1S/C19H22FN3O/c20-16-8-4-5-9-18(16)22-10-12-23(13-11-22)19(24)17(21)14-15-6-2-1-3-7-15/h1-9,17H,10-14,21H2/t17-/m0/s1. The molecule has 0 unspecified atom stereocenters. The lowest BCUT2D eigenvalue weighted by atomic mass is 10.1. The average molecular weight is 327 g/mol. The average Bonchev–Trinajstić information content (AvgIpc) is 2.62. The van der Waals surface area contributed by atoms with Crippen LogP contribution in [0, 0.1) is 5.82 Å². The highest BCUT2D eigenvalue weighted by atomic mass is 19.1. The summed E-state index contributed by atoms with van der Waals surface area (Å²) in [4.78, 5) is 16.3. The fourth-order valence-electron chi connectivity index (χ4n) is 3.07. The number of piperazine rings is 1. The van der Waals surface area contributed by atoms with Gasteiger partial charge in [-0.15, -0.1) is 0 Å². The predicted molar refractivity (Wildman–Crippen MR) is 93.3 cm³/mol. The van der Waals surface area contributed by atoms with Crippen molar-refractivity contribution in [3.05, 3.63) is 66.0 Å². The van der Waals surface area contributed by atoms with E-state index in [-0.39, 0.29) is 11.7 Å². The number of amides is 1. The van der Waals surface area contributed by atoms with Crippen molar-refractivity contribution in [2.24, 2.45) is 5.73 Å². The second-order valence-electron chi connectivity index (χ2n) is 6.06. The number of anilines is 1. The number of nitrogens with two attached hydrogens (primary N) is 1. The molecule has 0 saturated carbocycles. The number of hydrogen-bond donors (Lipinski definition) is 1. The van der Waals surface area contributed by atoms with E-state index in [9.17, 15) is 9.18 Å². The summed E-state index contributed by atoms with van der Waals surface area (Å²) in [5.41, 5.74) is 7.74. The zero-order chi connectivity index (χ0) is 16.9. The summed E-state index contributed by atoms with van der Waals surface area (Å²) in [7, 11) is 0. The zero-order valence-electron chi connectivity index (χ0n) is 13.6. The molecular weight excluding hydrogens is 305 g/mol. The molecule has 0 spiro atoms. The van der Waals surface area contributed by atoms with Crippen LogP contribution >= 0.6 is 0 Å². The first-order valence-electron chi connectivity index (χ1n) is 8.23. The van der Waals surface area contributed by atoms with Crippen LogP contribution in [-0.4, -0.2) is 43.0 Å². The van der Waals surface area contributed by atoms with Crippen molar-refractivity contribution >= 4 is 11.6 Å². The predicted octanol–water partition coefficient (Wildman–Crippen LogP) is 2.04. The second-order valence-corrected chi connectivity index (χ2v) is 6.06. The largest absolute Gasteiger partial charge is 0.366 e. The summed E-state index contributed by atoms with van der Waals surface area (Å²) >= 11 is 0. The van der Waals surface area contributed by atoms with Crippen LogP contribution < -0.4 is 10.6 Å². The van der Waals surface area contributed by atoms with E-state index in [4.69, 9.17) is 5.73 Å². The van der Waals surface area contributed by atoms with Crippen molar-refractivity contribution < 1.29 is 9.18 Å². The molecule has 0 aromatic heterocycles. The second kappa shape index (κ2) is 7.45. The van der Waals surface area contributed by atoms with Gasteiger partial charge in [0, 0.05) is 26.2 Å². The van der Waals surface area contributed by atoms with E-state index in [2.05, 4.69) is 0 Å². The van der Waals surface area contributed by atoms with Crippen LogP contribution in [0.4, 0.5) is 10.1 Å². The van der Waals surface area contributed by atoms with Crippen molar-refractivity contribution in [3.63, 3.8) is 0 Å². The van der Waals surface area contributed by atoms with Crippen molar-refractivity contribution in [3.8, 4) is 0 Å². The topological polar surface area (TPSA) is 49.6 Å². The summed E-state index contributed by atoms with van der Waals surface area (Å²) in [6.07, 6.45) is 0.535. The number of carbonyl (C=O) groups excluding carboxylic acids is 1. The summed E-state index contributed by atoms with van der Waals surface area (Å²) in [6.45, 7) is 2.36. The molecule has 0 aliphatic carbocycles. The number of benzene rings is 2. The van der Waals surface area contributed by atoms with Crippen LogP contribution in [0.5, 0.6) is 0 Å². The minimum Gasteiger partial charge on any atom is -0.366 e. The SMILES string of the molecule is N[C@@H](Cc1ccccc1)C(=O)N1CCN(c2ccccc2F)CC1. The van der Waals surface area contributed by atoms with Gasteiger partial charge in [0.15, 0.2) is 0 Å². The third-order valence-electron chi connectivity index (χ3n) is 4.40. The Hall–Kier alpha value is -2.40. The molecule has 1 aliphatic heterocycles. The molecule has 1 heterocycles. The number of hydrogen-bond acceptors (Lipinski definition) is 3. The summed E-state index contributed by atoms with van der Waals surface area (Å²) in [5, 5.41) is 0. The first-order valence-corrected chi connectivity index (χ1v) is 8.23. The lowest BCUT2D eigenvalue weighted by Crippen LogP contribution is -2.53. The summed E-state index contributed by atoms with van der Waals surface area (Å²) < 4.78 is 13.9. The van der Waals surface area contributed by atoms with Gasteiger partial charge in [-0.3, -0.25) is 4.79 Å². The van der Waals surface area contributed by atoms with Gasteiger partial charge in [-0.1, -0.05) is 42.5 Å². The summed E-state index contributed by atoms with van der Waals surface area (Å²) in [6, 6.07) is 16.0. The van der Waals surface area contributed by atoms with E-state index in [1.165, 1.54) is 6.07 Å². The van der Waals surface area contributed by atoms with Gasteiger partial charge in [-0.05, 0) is 24.1 Å². The molecule has 2 aromatic carbocycles. The Kier molecular flexibility index (Phi) is 5.11. The molecule has 0 radical (unpaired) electrons. The van der Waals surface area contributed by atoms with Gasteiger partial charge in [0.2, 0.25) is 5.91 Å². The van der Waals surface area contributed by atoms with Gasteiger partial charge in [-0.2, -0.15) is 0 Å². The first kappa shape index (κ1) is 16.5. The Balaban J connectivity index is 1.56. The molecule has 1 saturated heterocycles. The first-order chi connectivity index (χ1) is 11.6. The smallest absolute Gasteiger partial charge is 0.239 e.